The van der Waals surface area contributed by atoms with E-state index in [0.29, 0.717) is 0 Å². The van der Waals surface area contributed by atoms with Gasteiger partial charge in [-0.1, -0.05) is 171 Å². The zero-order chi connectivity index (χ0) is 36.4. The van der Waals surface area contributed by atoms with Crippen LogP contribution in [0, 0.1) is 0 Å². The van der Waals surface area contributed by atoms with Crippen LogP contribution in [0.25, 0.3) is 38.6 Å². The molecule has 2 nitrogen and oxygen atoms in total. The van der Waals surface area contributed by atoms with Gasteiger partial charge in [-0.3, -0.25) is 0 Å². The molecule has 2 heteroatoms. The molecule has 0 spiro atoms. The number of benzene rings is 7. The topological polar surface area (TPSA) is 12.5 Å². The van der Waals surface area contributed by atoms with Gasteiger partial charge in [-0.25, -0.2) is 0 Å². The smallest absolute Gasteiger partial charge is 0.132 e. The molecule has 7 aromatic carbocycles. The first-order valence-electron chi connectivity index (χ1n) is 18.5. The van der Waals surface area contributed by atoms with Gasteiger partial charge in [0.15, 0.2) is 0 Å². The quantitative estimate of drug-likeness (QED) is 0.140. The van der Waals surface area contributed by atoms with Crippen molar-refractivity contribution in [3.63, 3.8) is 0 Å². The molecule has 0 radical (unpaired) electrons. The summed E-state index contributed by atoms with van der Waals surface area (Å²) in [5.74, 6) is 1.12. The molecular formula is C52H39NO. The molecule has 2 unspecified atom stereocenters. The minimum Gasteiger partial charge on any atom is -0.484 e. The first kappa shape index (κ1) is 33.0. The van der Waals surface area contributed by atoms with Crippen molar-refractivity contribution in [2.24, 2.45) is 0 Å². The molecule has 2 atom stereocenters. The Morgan fingerprint density at radius 3 is 2.17 bits per heavy atom. The lowest BCUT2D eigenvalue weighted by molar-refractivity contribution is 0.272. The van der Waals surface area contributed by atoms with Crippen molar-refractivity contribution in [3.8, 4) is 16.9 Å². The van der Waals surface area contributed by atoms with Crippen LogP contribution in [0.5, 0.6) is 5.75 Å². The number of para-hydroxylation sites is 1. The van der Waals surface area contributed by atoms with Crippen LogP contribution in [-0.4, -0.2) is 6.10 Å². The summed E-state index contributed by atoms with van der Waals surface area (Å²) in [6, 6.07) is 60.1. The van der Waals surface area contributed by atoms with Crippen LogP contribution in [-0.2, 0) is 0 Å². The van der Waals surface area contributed by atoms with Crippen LogP contribution < -0.4 is 9.64 Å². The maximum absolute atomic E-state index is 6.61. The standard InChI is InChI=1S/C52H39NO/c1-3-37(33-36(2)38-15-6-4-7-16-38)40-25-29-44(30-26-40)53(45-21-14-20-42(34-45)39-17-8-5-9-18-39)50-24-13-12-22-46(50)43-28-32-51-49(35-43)48-31-27-41-19-10-11-23-47(41)52(48)54-51/h3-35,49,51H,1-2H2/b37-33+. The van der Waals surface area contributed by atoms with E-state index in [1.54, 1.807) is 0 Å². The fourth-order valence-corrected chi connectivity index (χ4v) is 7.79. The summed E-state index contributed by atoms with van der Waals surface area (Å²) in [5.41, 5.74) is 13.3. The second kappa shape index (κ2) is 14.3. The number of nitrogens with zero attached hydrogens (tertiary/aromatic N) is 1. The van der Waals surface area contributed by atoms with E-state index < -0.39 is 0 Å². The average molecular weight is 694 g/mol. The predicted octanol–water partition coefficient (Wildman–Crippen LogP) is 13.8. The zero-order valence-electron chi connectivity index (χ0n) is 30.0. The van der Waals surface area contributed by atoms with E-state index in [1.807, 2.05) is 24.3 Å². The second-order valence-corrected chi connectivity index (χ2v) is 13.8. The first-order chi connectivity index (χ1) is 26.6. The molecule has 0 saturated heterocycles. The Hall–Kier alpha value is -6.90. The minimum atomic E-state index is -0.0296. The van der Waals surface area contributed by atoms with Gasteiger partial charge >= 0.3 is 0 Å². The average Bonchev–Trinajstić information content (AvgIpc) is 3.63. The highest BCUT2D eigenvalue weighted by Crippen LogP contribution is 2.48. The number of hydrogen-bond acceptors (Lipinski definition) is 2. The Morgan fingerprint density at radius 1 is 0.630 bits per heavy atom. The summed E-state index contributed by atoms with van der Waals surface area (Å²) in [6.07, 6.45) is 10.8. The fraction of sp³-hybridized carbons (Fsp3) is 0.0385. The van der Waals surface area contributed by atoms with Gasteiger partial charge in [0.1, 0.15) is 11.9 Å². The van der Waals surface area contributed by atoms with Crippen LogP contribution in [0.15, 0.2) is 213 Å². The van der Waals surface area contributed by atoms with E-state index in [0.717, 1.165) is 56.2 Å². The van der Waals surface area contributed by atoms with Crippen molar-refractivity contribution in [2.75, 3.05) is 4.90 Å². The van der Waals surface area contributed by atoms with E-state index in [2.05, 4.69) is 194 Å². The van der Waals surface area contributed by atoms with Gasteiger partial charge in [0, 0.05) is 33.8 Å². The molecule has 1 aliphatic heterocycles. The van der Waals surface area contributed by atoms with E-state index in [1.165, 1.54) is 27.5 Å². The third kappa shape index (κ3) is 6.18. The molecule has 0 fully saturated rings. The van der Waals surface area contributed by atoms with Crippen LogP contribution in [0.3, 0.4) is 0 Å². The summed E-state index contributed by atoms with van der Waals surface area (Å²) in [5, 5.41) is 2.37. The number of allylic oxidation sites excluding steroid dienone is 6. The predicted molar refractivity (Wildman–Crippen MR) is 228 cm³/mol. The summed E-state index contributed by atoms with van der Waals surface area (Å²) in [4.78, 5) is 2.37. The number of anilines is 3. The van der Waals surface area contributed by atoms with Crippen molar-refractivity contribution in [1.29, 1.82) is 0 Å². The molecule has 0 N–H and O–H groups in total. The van der Waals surface area contributed by atoms with Gasteiger partial charge in [-0.05, 0) is 86.8 Å². The SMILES string of the molecule is C=C/C(=C\C(=C)c1ccccc1)c1ccc(N(c2cccc(-c3ccccc3)c2)c2ccccc2C2=CC3c4ccc5ccccc5c4OC3C=C2)cc1. The second-order valence-electron chi connectivity index (χ2n) is 13.8. The molecule has 0 aromatic heterocycles. The summed E-state index contributed by atoms with van der Waals surface area (Å²) >= 11 is 0. The molecule has 1 aliphatic carbocycles. The first-order valence-corrected chi connectivity index (χ1v) is 18.5. The number of rotatable bonds is 9. The summed E-state index contributed by atoms with van der Waals surface area (Å²) in [7, 11) is 0. The van der Waals surface area contributed by atoms with Crippen molar-refractivity contribution in [1.82, 2.24) is 0 Å². The van der Waals surface area contributed by atoms with Crippen LogP contribution in [0.1, 0.15) is 28.2 Å². The van der Waals surface area contributed by atoms with Crippen molar-refractivity contribution in [3.05, 3.63) is 236 Å². The van der Waals surface area contributed by atoms with E-state index in [4.69, 9.17) is 4.74 Å². The Bertz CT molecular complexity index is 2610. The molecule has 7 aromatic rings. The fourth-order valence-electron chi connectivity index (χ4n) is 7.79. The normalized spacial score (nSPS) is 15.9. The number of hydrogen-bond donors (Lipinski definition) is 0. The summed E-state index contributed by atoms with van der Waals surface area (Å²) < 4.78 is 6.61. The Labute approximate surface area is 317 Å². The Balaban J connectivity index is 1.14. The third-order valence-electron chi connectivity index (χ3n) is 10.5. The van der Waals surface area contributed by atoms with Crippen LogP contribution in [0.2, 0.25) is 0 Å². The molecule has 258 valence electrons. The van der Waals surface area contributed by atoms with E-state index >= 15 is 0 Å². The maximum atomic E-state index is 6.61. The lowest BCUT2D eigenvalue weighted by Crippen LogP contribution is -2.18. The van der Waals surface area contributed by atoms with E-state index in [-0.39, 0.29) is 12.0 Å². The largest absolute Gasteiger partial charge is 0.484 e. The molecule has 0 saturated carbocycles. The summed E-state index contributed by atoms with van der Waals surface area (Å²) in [6.45, 7) is 8.49. The van der Waals surface area contributed by atoms with Crippen LogP contribution in [0.4, 0.5) is 17.1 Å². The minimum absolute atomic E-state index is 0.0296. The van der Waals surface area contributed by atoms with Crippen molar-refractivity contribution < 1.29 is 4.74 Å². The molecule has 0 amide bonds. The third-order valence-corrected chi connectivity index (χ3v) is 10.5. The molecule has 0 bridgehead atoms. The van der Waals surface area contributed by atoms with Gasteiger partial charge in [-0.2, -0.15) is 0 Å². The number of fused-ring (bicyclic) bond motifs is 5. The van der Waals surface area contributed by atoms with Gasteiger partial charge in [0.25, 0.3) is 0 Å². The zero-order valence-corrected chi connectivity index (χ0v) is 30.0. The van der Waals surface area contributed by atoms with Crippen LogP contribution >= 0.6 is 0 Å². The maximum Gasteiger partial charge on any atom is 0.132 e. The van der Waals surface area contributed by atoms with Gasteiger partial charge < -0.3 is 9.64 Å². The molecular weight excluding hydrogens is 655 g/mol. The monoisotopic (exact) mass is 693 g/mol. The Kier molecular flexibility index (Phi) is 8.70. The lowest BCUT2D eigenvalue weighted by atomic mass is 9.85. The van der Waals surface area contributed by atoms with Gasteiger partial charge in [0.05, 0.1) is 5.69 Å². The van der Waals surface area contributed by atoms with Crippen molar-refractivity contribution in [2.45, 2.75) is 12.0 Å². The molecule has 9 rings (SSSR count). The molecule has 54 heavy (non-hydrogen) atoms. The Morgan fingerprint density at radius 2 is 1.35 bits per heavy atom. The number of ether oxygens (including phenoxy) is 1. The highest BCUT2D eigenvalue weighted by Gasteiger charge is 2.35. The van der Waals surface area contributed by atoms with E-state index in [9.17, 15) is 0 Å². The molecule has 2 aliphatic rings. The van der Waals surface area contributed by atoms with Crippen molar-refractivity contribution >= 4 is 44.6 Å². The lowest BCUT2D eigenvalue weighted by Gasteiger charge is -2.29. The van der Waals surface area contributed by atoms with Gasteiger partial charge in [-0.15, -0.1) is 0 Å². The highest BCUT2D eigenvalue weighted by molar-refractivity contribution is 5.94. The highest BCUT2D eigenvalue weighted by atomic mass is 16.5. The van der Waals surface area contributed by atoms with Gasteiger partial charge in [0.2, 0.25) is 0 Å². The molecule has 1 heterocycles.